The number of rotatable bonds is 9. The Labute approximate surface area is 197 Å². The molecule has 1 aliphatic heterocycles. The van der Waals surface area contributed by atoms with Gasteiger partial charge in [0.2, 0.25) is 0 Å². The van der Waals surface area contributed by atoms with Crippen LogP contribution in [0.3, 0.4) is 0 Å². The number of nitrogens with one attached hydrogen (secondary N) is 1. The lowest BCUT2D eigenvalue weighted by Crippen LogP contribution is -2.44. The summed E-state index contributed by atoms with van der Waals surface area (Å²) in [6.07, 6.45) is 12.2. The Morgan fingerprint density at radius 1 is 1.39 bits per heavy atom. The number of anilines is 1. The molecule has 3 N–H and O–H groups in total. The van der Waals surface area contributed by atoms with Crippen LogP contribution in [0.25, 0.3) is 0 Å². The van der Waals surface area contributed by atoms with Crippen molar-refractivity contribution >= 4 is 17.4 Å². The minimum atomic E-state index is -1.04. The van der Waals surface area contributed by atoms with E-state index in [9.17, 15) is 15.0 Å². The number of aliphatic hydroxyl groups excluding tert-OH is 1. The van der Waals surface area contributed by atoms with E-state index in [-0.39, 0.29) is 23.6 Å². The molecule has 7 nitrogen and oxygen atoms in total. The lowest BCUT2D eigenvalue weighted by Gasteiger charge is -2.41. The molecule has 0 aromatic carbocycles. The molecule has 1 aliphatic carbocycles. The smallest absolute Gasteiger partial charge is 0.354 e. The summed E-state index contributed by atoms with van der Waals surface area (Å²) in [5.74, 6) is -0.872. The molecule has 1 aromatic heterocycles. The van der Waals surface area contributed by atoms with E-state index >= 15 is 0 Å². The maximum atomic E-state index is 11.8. The van der Waals surface area contributed by atoms with Crippen LogP contribution in [-0.2, 0) is 0 Å². The van der Waals surface area contributed by atoms with E-state index in [0.717, 1.165) is 67.7 Å². The summed E-state index contributed by atoms with van der Waals surface area (Å²) in [6.45, 7) is 9.85. The second-order valence-corrected chi connectivity index (χ2v) is 9.72. The SMILES string of the molecule is CCCC(C)/C(=N/NC1=CCCC=C1)c1c(N2CCCC(C)(CO)C2)cc(C(=O)O)nc1C. The van der Waals surface area contributed by atoms with E-state index in [0.29, 0.717) is 12.2 Å². The highest BCUT2D eigenvalue weighted by Crippen LogP contribution is 2.36. The molecule has 0 saturated carbocycles. The third kappa shape index (κ3) is 6.02. The van der Waals surface area contributed by atoms with Crippen LogP contribution in [0.4, 0.5) is 5.69 Å². The predicted octanol–water partition coefficient (Wildman–Crippen LogP) is 4.65. The van der Waals surface area contributed by atoms with Gasteiger partial charge < -0.3 is 15.1 Å². The van der Waals surface area contributed by atoms with Crippen LogP contribution >= 0.6 is 0 Å². The second kappa shape index (κ2) is 11.0. The first-order chi connectivity index (χ1) is 15.8. The number of hydrogen-bond acceptors (Lipinski definition) is 6. The van der Waals surface area contributed by atoms with Crippen molar-refractivity contribution in [1.29, 1.82) is 0 Å². The average Bonchev–Trinajstić information content (AvgIpc) is 2.80. The zero-order valence-corrected chi connectivity index (χ0v) is 20.4. The van der Waals surface area contributed by atoms with Gasteiger partial charge in [-0.2, -0.15) is 5.10 Å². The molecule has 0 bridgehead atoms. The van der Waals surface area contributed by atoms with Crippen molar-refractivity contribution in [1.82, 2.24) is 10.4 Å². The van der Waals surface area contributed by atoms with Crippen LogP contribution in [0, 0.1) is 18.3 Å². The number of aliphatic hydroxyl groups is 1. The Hall–Kier alpha value is -2.67. The zero-order valence-electron chi connectivity index (χ0n) is 20.4. The monoisotopic (exact) mass is 454 g/mol. The molecule has 2 heterocycles. The van der Waals surface area contributed by atoms with E-state index < -0.39 is 5.97 Å². The van der Waals surface area contributed by atoms with Gasteiger partial charge >= 0.3 is 5.97 Å². The molecule has 7 heteroatoms. The standard InChI is InChI=1S/C26H38N4O3/c1-5-10-18(2)24(29-28-20-11-7-6-8-12-20)23-19(3)27-21(25(32)33)15-22(23)30-14-9-13-26(4,16-30)17-31/h7,11-12,15,18,28,31H,5-6,8-10,13-14,16-17H2,1-4H3,(H,32,33)/b29-24-. The van der Waals surface area contributed by atoms with Crippen molar-refractivity contribution in [3.63, 3.8) is 0 Å². The van der Waals surface area contributed by atoms with E-state index in [4.69, 9.17) is 5.10 Å². The number of hydrogen-bond donors (Lipinski definition) is 3. The van der Waals surface area contributed by atoms with Crippen molar-refractivity contribution < 1.29 is 15.0 Å². The summed E-state index contributed by atoms with van der Waals surface area (Å²) < 4.78 is 0. The fourth-order valence-electron chi connectivity index (χ4n) is 4.78. The van der Waals surface area contributed by atoms with E-state index in [2.05, 4.69) is 48.2 Å². The molecule has 1 saturated heterocycles. The van der Waals surface area contributed by atoms with Gasteiger partial charge in [0.15, 0.2) is 5.69 Å². The molecule has 180 valence electrons. The highest BCUT2D eigenvalue weighted by atomic mass is 16.4. The number of carboxylic acids is 1. The lowest BCUT2D eigenvalue weighted by molar-refractivity contribution is 0.0690. The molecule has 33 heavy (non-hydrogen) atoms. The number of carbonyl (C=O) groups is 1. The number of pyridine rings is 1. The summed E-state index contributed by atoms with van der Waals surface area (Å²) in [4.78, 5) is 18.5. The van der Waals surface area contributed by atoms with Crippen LogP contribution in [0.5, 0.6) is 0 Å². The van der Waals surface area contributed by atoms with Gasteiger partial charge in [-0.1, -0.05) is 39.3 Å². The van der Waals surface area contributed by atoms with Gasteiger partial charge in [0.05, 0.1) is 23.7 Å². The molecule has 3 rings (SSSR count). The molecule has 0 radical (unpaired) electrons. The third-order valence-electron chi connectivity index (χ3n) is 6.65. The van der Waals surface area contributed by atoms with Gasteiger partial charge in [0.1, 0.15) is 0 Å². The van der Waals surface area contributed by atoms with Gasteiger partial charge in [-0.25, -0.2) is 9.78 Å². The molecule has 2 aliphatic rings. The topological polar surface area (TPSA) is 98.1 Å². The van der Waals surface area contributed by atoms with Crippen molar-refractivity contribution in [2.24, 2.45) is 16.4 Å². The fourth-order valence-corrected chi connectivity index (χ4v) is 4.78. The van der Waals surface area contributed by atoms with Crippen LogP contribution in [-0.4, -0.2) is 46.6 Å². The maximum Gasteiger partial charge on any atom is 0.354 e. The first-order valence-electron chi connectivity index (χ1n) is 12.1. The fraction of sp³-hybridized carbons (Fsp3) is 0.577. The number of aryl methyl sites for hydroxylation is 1. The highest BCUT2D eigenvalue weighted by Gasteiger charge is 2.33. The minimum Gasteiger partial charge on any atom is -0.477 e. The first kappa shape index (κ1) is 25.0. The van der Waals surface area contributed by atoms with Gasteiger partial charge in [-0.3, -0.25) is 5.43 Å². The van der Waals surface area contributed by atoms with Crippen molar-refractivity contribution in [3.05, 3.63) is 46.9 Å². The number of hydrazone groups is 1. The summed E-state index contributed by atoms with van der Waals surface area (Å²) in [6, 6.07) is 1.68. The maximum absolute atomic E-state index is 11.8. The van der Waals surface area contributed by atoms with Crippen LogP contribution in [0.2, 0.25) is 0 Å². The van der Waals surface area contributed by atoms with Crippen molar-refractivity contribution in [3.8, 4) is 0 Å². The normalized spacial score (nSPS) is 22.2. The summed E-state index contributed by atoms with van der Waals surface area (Å²) in [7, 11) is 0. The lowest BCUT2D eigenvalue weighted by atomic mass is 9.82. The minimum absolute atomic E-state index is 0.0379. The van der Waals surface area contributed by atoms with Crippen LogP contribution in [0.15, 0.2) is 35.1 Å². The Morgan fingerprint density at radius 2 is 2.18 bits per heavy atom. The Bertz CT molecular complexity index is 953. The number of carboxylic acid groups (broad SMARTS) is 1. The molecular formula is C26H38N4O3. The number of aromatic carboxylic acids is 1. The van der Waals surface area contributed by atoms with Crippen molar-refractivity contribution in [2.75, 3.05) is 24.6 Å². The Kier molecular flexibility index (Phi) is 8.30. The molecular weight excluding hydrogens is 416 g/mol. The highest BCUT2D eigenvalue weighted by molar-refractivity contribution is 6.08. The molecule has 0 amide bonds. The molecule has 2 unspecified atom stereocenters. The summed E-state index contributed by atoms with van der Waals surface area (Å²) >= 11 is 0. The largest absolute Gasteiger partial charge is 0.477 e. The second-order valence-electron chi connectivity index (χ2n) is 9.72. The van der Waals surface area contributed by atoms with Crippen LogP contribution < -0.4 is 10.3 Å². The summed E-state index contributed by atoms with van der Waals surface area (Å²) in [5.41, 5.74) is 7.33. The number of piperidine rings is 1. The van der Waals surface area contributed by atoms with Gasteiger partial charge in [0, 0.05) is 35.7 Å². The van der Waals surface area contributed by atoms with Crippen LogP contribution in [0.1, 0.15) is 81.0 Å². The average molecular weight is 455 g/mol. The predicted molar refractivity (Wildman–Crippen MR) is 133 cm³/mol. The molecule has 1 aromatic rings. The Balaban J connectivity index is 2.12. The van der Waals surface area contributed by atoms with Gasteiger partial charge in [0.25, 0.3) is 0 Å². The molecule has 2 atom stereocenters. The zero-order chi connectivity index (χ0) is 24.0. The molecule has 0 spiro atoms. The summed E-state index contributed by atoms with van der Waals surface area (Å²) in [5, 5.41) is 24.6. The van der Waals surface area contributed by atoms with Gasteiger partial charge in [-0.05, 0) is 51.2 Å². The first-order valence-corrected chi connectivity index (χ1v) is 12.1. The molecule has 1 fully saturated rings. The van der Waals surface area contributed by atoms with Crippen molar-refractivity contribution in [2.45, 2.75) is 66.2 Å². The van der Waals surface area contributed by atoms with E-state index in [1.807, 2.05) is 13.0 Å². The number of aromatic nitrogens is 1. The van der Waals surface area contributed by atoms with E-state index in [1.54, 1.807) is 6.07 Å². The van der Waals surface area contributed by atoms with Gasteiger partial charge in [-0.15, -0.1) is 0 Å². The number of allylic oxidation sites excluding steroid dienone is 3. The number of nitrogens with zero attached hydrogens (tertiary/aromatic N) is 3. The third-order valence-corrected chi connectivity index (χ3v) is 6.65. The van der Waals surface area contributed by atoms with E-state index in [1.165, 1.54) is 0 Å². The quantitative estimate of drug-likeness (QED) is 0.371. The Morgan fingerprint density at radius 3 is 2.82 bits per heavy atom.